The number of hydrogen-bond donors (Lipinski definition) is 2. The van der Waals surface area contributed by atoms with E-state index in [0.29, 0.717) is 13.2 Å². The highest BCUT2D eigenvalue weighted by Gasteiger charge is 2.48. The first-order valence-electron chi connectivity index (χ1n) is 10.00. The van der Waals surface area contributed by atoms with Gasteiger partial charge in [-0.3, -0.25) is 10.1 Å². The molecule has 3 aromatic rings. The van der Waals surface area contributed by atoms with Gasteiger partial charge in [0.1, 0.15) is 24.2 Å². The number of ether oxygens (including phenoxy) is 1. The maximum atomic E-state index is 12.8. The number of rotatable bonds is 5. The summed E-state index contributed by atoms with van der Waals surface area (Å²) in [5, 5.41) is 3.33. The van der Waals surface area contributed by atoms with Crippen LogP contribution in [-0.4, -0.2) is 35.6 Å². The highest BCUT2D eigenvalue weighted by Crippen LogP contribution is 2.52. The molecule has 2 heterocycles. The first kappa shape index (κ1) is 17.9. The largest absolute Gasteiger partial charge is 0.489 e. The summed E-state index contributed by atoms with van der Waals surface area (Å²) >= 11 is 0. The number of nitrogens with zero attached hydrogens (tertiary/aromatic N) is 2. The number of amides is 1. The number of H-pyrrole nitrogens is 1. The van der Waals surface area contributed by atoms with E-state index in [0.717, 1.165) is 35.8 Å². The van der Waals surface area contributed by atoms with Crippen LogP contribution in [0.25, 0.3) is 0 Å². The molecule has 148 valence electrons. The topological polar surface area (TPSA) is 70.2 Å². The first-order valence-corrected chi connectivity index (χ1v) is 10.00. The number of para-hydroxylation sites is 2. The van der Waals surface area contributed by atoms with Gasteiger partial charge in [0, 0.05) is 25.5 Å². The molecule has 1 saturated carbocycles. The Morgan fingerprint density at radius 1 is 1.17 bits per heavy atom. The van der Waals surface area contributed by atoms with Crippen molar-refractivity contribution in [1.29, 1.82) is 0 Å². The molecule has 1 aliphatic carbocycles. The molecule has 6 nitrogen and oxygen atoms in total. The molecule has 2 N–H and O–H groups in total. The Kier molecular flexibility index (Phi) is 4.36. The van der Waals surface area contributed by atoms with Gasteiger partial charge < -0.3 is 14.6 Å². The lowest BCUT2D eigenvalue weighted by atomic mass is 9.95. The lowest BCUT2D eigenvalue weighted by Crippen LogP contribution is -2.46. The molecule has 6 heteroatoms. The van der Waals surface area contributed by atoms with Gasteiger partial charge in [0.05, 0.1) is 11.1 Å². The number of fused-ring (bicyclic) bond motifs is 1. The summed E-state index contributed by atoms with van der Waals surface area (Å²) in [7, 11) is 1.79. The molecule has 1 amide bonds. The van der Waals surface area contributed by atoms with Crippen LogP contribution in [0, 0.1) is 0 Å². The molecule has 0 spiro atoms. The second kappa shape index (κ2) is 7.04. The minimum atomic E-state index is -0.414. The Morgan fingerprint density at radius 3 is 2.72 bits per heavy atom. The molecule has 0 bridgehead atoms. The average Bonchev–Trinajstić information content (AvgIpc) is 3.47. The van der Waals surface area contributed by atoms with Crippen molar-refractivity contribution in [3.05, 3.63) is 77.9 Å². The number of carbonyl (C=O) groups is 1. The molecule has 2 aromatic carbocycles. The lowest BCUT2D eigenvalue weighted by Gasteiger charge is -2.20. The number of aromatic nitrogens is 2. The van der Waals surface area contributed by atoms with Gasteiger partial charge in [0.25, 0.3) is 0 Å². The quantitative estimate of drug-likeness (QED) is 0.705. The van der Waals surface area contributed by atoms with Crippen LogP contribution in [0.3, 0.4) is 0 Å². The molecule has 1 fully saturated rings. The number of anilines is 1. The number of hydrogen-bond acceptors (Lipinski definition) is 4. The molecule has 0 radical (unpaired) electrons. The van der Waals surface area contributed by atoms with E-state index in [-0.39, 0.29) is 11.3 Å². The molecular formula is C23H24N4O2. The maximum Gasteiger partial charge on any atom is 0.247 e. The first-order chi connectivity index (χ1) is 14.2. The Bertz CT molecular complexity index is 1030. The zero-order valence-corrected chi connectivity index (χ0v) is 16.4. The third-order valence-corrected chi connectivity index (χ3v) is 5.96. The fourth-order valence-corrected chi connectivity index (χ4v) is 4.07. The van der Waals surface area contributed by atoms with Gasteiger partial charge in [-0.05, 0) is 30.5 Å². The summed E-state index contributed by atoms with van der Waals surface area (Å²) in [6.45, 7) is 0.830. The number of imidazole rings is 1. The molecule has 29 heavy (non-hydrogen) atoms. The van der Waals surface area contributed by atoms with Crippen LogP contribution in [0.5, 0.6) is 5.75 Å². The van der Waals surface area contributed by atoms with Gasteiger partial charge in [-0.2, -0.15) is 0 Å². The molecule has 1 aliphatic heterocycles. The lowest BCUT2D eigenvalue weighted by molar-refractivity contribution is -0.120. The standard InChI is InChI=1S/C23H24N4O2/c1-27-19-9-5-6-10-20(19)29-15-18(21(27)28)24-13-17-14-25-22(26-17)23(11-12-23)16-7-3-2-4-8-16/h2-10,14,18,24H,11-13,15H2,1H3,(H,25,26)/t18-/m0/s1. The summed E-state index contributed by atoms with van der Waals surface area (Å²) in [5.41, 5.74) is 3.09. The smallest absolute Gasteiger partial charge is 0.247 e. The van der Waals surface area contributed by atoms with Crippen molar-refractivity contribution < 1.29 is 9.53 Å². The molecule has 5 rings (SSSR count). The number of likely N-dealkylation sites (N-methyl/N-ethyl adjacent to an activating group) is 1. The maximum absolute atomic E-state index is 12.8. The van der Waals surface area contributed by atoms with Crippen LogP contribution in [0.1, 0.15) is 29.9 Å². The number of benzene rings is 2. The minimum Gasteiger partial charge on any atom is -0.489 e. The van der Waals surface area contributed by atoms with E-state index >= 15 is 0 Å². The van der Waals surface area contributed by atoms with Gasteiger partial charge in [-0.25, -0.2) is 4.98 Å². The summed E-state index contributed by atoms with van der Waals surface area (Å²) in [6, 6.07) is 17.7. The third-order valence-electron chi connectivity index (χ3n) is 5.96. The van der Waals surface area contributed by atoms with E-state index in [1.165, 1.54) is 5.56 Å². The highest BCUT2D eigenvalue weighted by atomic mass is 16.5. The second-order valence-corrected chi connectivity index (χ2v) is 7.81. The van der Waals surface area contributed by atoms with E-state index in [1.54, 1.807) is 11.9 Å². The van der Waals surface area contributed by atoms with Gasteiger partial charge >= 0.3 is 0 Å². The van der Waals surface area contributed by atoms with E-state index in [2.05, 4.69) is 39.6 Å². The van der Waals surface area contributed by atoms with Gasteiger partial charge in [0.2, 0.25) is 5.91 Å². The summed E-state index contributed by atoms with van der Waals surface area (Å²) < 4.78 is 5.87. The zero-order chi connectivity index (χ0) is 19.8. The van der Waals surface area contributed by atoms with Gasteiger partial charge in [0.15, 0.2) is 0 Å². The Labute approximate surface area is 169 Å². The Hall–Kier alpha value is -3.12. The van der Waals surface area contributed by atoms with Crippen molar-refractivity contribution in [3.63, 3.8) is 0 Å². The van der Waals surface area contributed by atoms with Crippen molar-refractivity contribution in [2.75, 3.05) is 18.6 Å². The molecule has 2 aliphatic rings. The van der Waals surface area contributed by atoms with Crippen molar-refractivity contribution in [1.82, 2.24) is 15.3 Å². The highest BCUT2D eigenvalue weighted by molar-refractivity contribution is 5.98. The summed E-state index contributed by atoms with van der Waals surface area (Å²) in [6.07, 6.45) is 4.08. The van der Waals surface area contributed by atoms with Crippen molar-refractivity contribution in [3.8, 4) is 5.75 Å². The Morgan fingerprint density at radius 2 is 1.93 bits per heavy atom. The second-order valence-electron chi connectivity index (χ2n) is 7.81. The third kappa shape index (κ3) is 3.19. The van der Waals surface area contributed by atoms with Crippen molar-refractivity contribution in [2.24, 2.45) is 0 Å². The number of nitrogens with one attached hydrogen (secondary N) is 2. The van der Waals surface area contributed by atoms with E-state index in [4.69, 9.17) is 4.74 Å². The fourth-order valence-electron chi connectivity index (χ4n) is 4.07. The number of aromatic amines is 1. The van der Waals surface area contributed by atoms with Crippen LogP contribution in [0.4, 0.5) is 5.69 Å². The molecule has 1 aromatic heterocycles. The Balaban J connectivity index is 1.28. The normalized spacial score (nSPS) is 20.0. The SMILES string of the molecule is CN1C(=O)[C@@H](NCc2cnc(C3(c4ccccc4)CC3)[nH]2)COc2ccccc21. The summed E-state index contributed by atoms with van der Waals surface area (Å²) in [4.78, 5) is 22.6. The van der Waals surface area contributed by atoms with E-state index in [1.807, 2.05) is 36.5 Å². The molecular weight excluding hydrogens is 364 g/mol. The molecule has 0 saturated heterocycles. The molecule has 0 unspecified atom stereocenters. The van der Waals surface area contributed by atoms with Gasteiger partial charge in [-0.1, -0.05) is 42.5 Å². The predicted molar refractivity (Wildman–Crippen MR) is 111 cm³/mol. The van der Waals surface area contributed by atoms with Crippen LogP contribution < -0.4 is 15.0 Å². The summed E-state index contributed by atoms with van der Waals surface area (Å²) in [5.74, 6) is 1.74. The average molecular weight is 388 g/mol. The number of carbonyl (C=O) groups excluding carboxylic acids is 1. The molecule has 1 atom stereocenters. The zero-order valence-electron chi connectivity index (χ0n) is 16.4. The van der Waals surface area contributed by atoms with Crippen LogP contribution in [0.15, 0.2) is 60.8 Å². The van der Waals surface area contributed by atoms with Crippen LogP contribution in [-0.2, 0) is 16.8 Å². The van der Waals surface area contributed by atoms with Crippen LogP contribution >= 0.6 is 0 Å². The van der Waals surface area contributed by atoms with E-state index in [9.17, 15) is 4.79 Å². The van der Waals surface area contributed by atoms with E-state index < -0.39 is 6.04 Å². The predicted octanol–water partition coefficient (Wildman–Crippen LogP) is 3.00. The monoisotopic (exact) mass is 388 g/mol. The van der Waals surface area contributed by atoms with Crippen LogP contribution in [0.2, 0.25) is 0 Å². The van der Waals surface area contributed by atoms with Gasteiger partial charge in [-0.15, -0.1) is 0 Å². The van der Waals surface area contributed by atoms with Crippen molar-refractivity contribution in [2.45, 2.75) is 30.8 Å². The minimum absolute atomic E-state index is 0.00219. The fraction of sp³-hybridized carbons (Fsp3) is 0.304. The van der Waals surface area contributed by atoms with Crippen molar-refractivity contribution >= 4 is 11.6 Å².